The van der Waals surface area contributed by atoms with Gasteiger partial charge in [-0.2, -0.15) is 0 Å². The van der Waals surface area contributed by atoms with Crippen molar-refractivity contribution in [3.05, 3.63) is 29.6 Å². The SMILES string of the molecule is Cc1cccnc1CNC1CCCC1CO. The van der Waals surface area contributed by atoms with Crippen LogP contribution in [0.3, 0.4) is 0 Å². The van der Waals surface area contributed by atoms with Crippen LogP contribution in [0.4, 0.5) is 0 Å². The summed E-state index contributed by atoms with van der Waals surface area (Å²) in [6.45, 7) is 3.20. The first-order valence-corrected chi connectivity index (χ1v) is 6.06. The van der Waals surface area contributed by atoms with E-state index in [1.165, 1.54) is 18.4 Å². The molecule has 3 heteroatoms. The Labute approximate surface area is 96.9 Å². The van der Waals surface area contributed by atoms with E-state index in [9.17, 15) is 5.11 Å². The van der Waals surface area contributed by atoms with Gasteiger partial charge in [-0.1, -0.05) is 12.5 Å². The first kappa shape index (κ1) is 11.6. The fourth-order valence-electron chi connectivity index (χ4n) is 2.46. The number of pyridine rings is 1. The number of aryl methyl sites for hydroxylation is 1. The molecular formula is C13H20N2O. The summed E-state index contributed by atoms with van der Waals surface area (Å²) >= 11 is 0. The zero-order valence-electron chi connectivity index (χ0n) is 9.82. The van der Waals surface area contributed by atoms with E-state index in [1.54, 1.807) is 0 Å². The molecule has 0 amide bonds. The molecule has 0 aliphatic heterocycles. The zero-order chi connectivity index (χ0) is 11.4. The summed E-state index contributed by atoms with van der Waals surface area (Å²) in [4.78, 5) is 4.37. The lowest BCUT2D eigenvalue weighted by Gasteiger charge is -2.19. The lowest BCUT2D eigenvalue weighted by molar-refractivity contribution is 0.205. The Morgan fingerprint density at radius 2 is 2.38 bits per heavy atom. The van der Waals surface area contributed by atoms with Gasteiger partial charge < -0.3 is 10.4 Å². The number of hydrogen-bond donors (Lipinski definition) is 2. The van der Waals surface area contributed by atoms with Gasteiger partial charge in [0, 0.05) is 25.4 Å². The van der Waals surface area contributed by atoms with Gasteiger partial charge in [0.25, 0.3) is 0 Å². The maximum absolute atomic E-state index is 9.23. The number of nitrogens with zero attached hydrogens (tertiary/aromatic N) is 1. The molecule has 3 nitrogen and oxygen atoms in total. The van der Waals surface area contributed by atoms with Crippen LogP contribution in [0.2, 0.25) is 0 Å². The van der Waals surface area contributed by atoms with Crippen molar-refractivity contribution in [1.29, 1.82) is 0 Å². The molecule has 0 aromatic carbocycles. The van der Waals surface area contributed by atoms with Crippen molar-refractivity contribution >= 4 is 0 Å². The molecule has 0 spiro atoms. The number of rotatable bonds is 4. The van der Waals surface area contributed by atoms with Crippen molar-refractivity contribution in [2.45, 2.75) is 38.8 Å². The van der Waals surface area contributed by atoms with E-state index < -0.39 is 0 Å². The van der Waals surface area contributed by atoms with Gasteiger partial charge in [0.15, 0.2) is 0 Å². The second kappa shape index (κ2) is 5.41. The minimum atomic E-state index is 0.304. The van der Waals surface area contributed by atoms with E-state index in [-0.39, 0.29) is 0 Å². The van der Waals surface area contributed by atoms with Gasteiger partial charge in [0.1, 0.15) is 0 Å². The van der Waals surface area contributed by atoms with Gasteiger partial charge in [-0.05, 0) is 37.3 Å². The van der Waals surface area contributed by atoms with Gasteiger partial charge in [-0.25, -0.2) is 0 Å². The topological polar surface area (TPSA) is 45.2 Å². The minimum Gasteiger partial charge on any atom is -0.396 e. The summed E-state index contributed by atoms with van der Waals surface area (Å²) in [6, 6.07) is 4.51. The summed E-state index contributed by atoms with van der Waals surface area (Å²) in [5.74, 6) is 0.434. The Kier molecular flexibility index (Phi) is 3.91. The highest BCUT2D eigenvalue weighted by atomic mass is 16.3. The Morgan fingerprint density at radius 3 is 3.12 bits per heavy atom. The van der Waals surface area contributed by atoms with Crippen LogP contribution in [0, 0.1) is 12.8 Å². The molecule has 1 saturated carbocycles. The van der Waals surface area contributed by atoms with Gasteiger partial charge in [-0.15, -0.1) is 0 Å². The van der Waals surface area contributed by atoms with Gasteiger partial charge in [-0.3, -0.25) is 4.98 Å². The molecule has 2 N–H and O–H groups in total. The maximum Gasteiger partial charge on any atom is 0.0570 e. The fraction of sp³-hybridized carbons (Fsp3) is 0.615. The van der Waals surface area contributed by atoms with E-state index >= 15 is 0 Å². The van der Waals surface area contributed by atoms with Gasteiger partial charge in [0.2, 0.25) is 0 Å². The number of hydrogen-bond acceptors (Lipinski definition) is 3. The molecular weight excluding hydrogens is 200 g/mol. The minimum absolute atomic E-state index is 0.304. The first-order chi connectivity index (χ1) is 7.81. The summed E-state index contributed by atoms with van der Waals surface area (Å²) < 4.78 is 0. The molecule has 1 aromatic heterocycles. The maximum atomic E-state index is 9.23. The Balaban J connectivity index is 1.90. The largest absolute Gasteiger partial charge is 0.396 e. The average molecular weight is 220 g/mol. The van der Waals surface area contributed by atoms with Crippen molar-refractivity contribution < 1.29 is 5.11 Å². The highest BCUT2D eigenvalue weighted by molar-refractivity contribution is 5.17. The molecule has 1 heterocycles. The van der Waals surface area contributed by atoms with E-state index in [4.69, 9.17) is 0 Å². The van der Waals surface area contributed by atoms with E-state index in [0.717, 1.165) is 18.7 Å². The first-order valence-electron chi connectivity index (χ1n) is 6.06. The van der Waals surface area contributed by atoms with E-state index in [2.05, 4.69) is 23.3 Å². The van der Waals surface area contributed by atoms with Crippen LogP contribution in [0.15, 0.2) is 18.3 Å². The summed E-state index contributed by atoms with van der Waals surface area (Å²) in [5.41, 5.74) is 2.35. The highest BCUT2D eigenvalue weighted by Gasteiger charge is 2.25. The van der Waals surface area contributed by atoms with Crippen LogP contribution in [0.25, 0.3) is 0 Å². The van der Waals surface area contributed by atoms with Crippen molar-refractivity contribution in [3.63, 3.8) is 0 Å². The molecule has 2 unspecified atom stereocenters. The molecule has 16 heavy (non-hydrogen) atoms. The highest BCUT2D eigenvalue weighted by Crippen LogP contribution is 2.25. The molecule has 0 bridgehead atoms. The third-order valence-electron chi connectivity index (χ3n) is 3.54. The molecule has 1 aliphatic carbocycles. The molecule has 88 valence electrons. The van der Waals surface area contributed by atoms with Gasteiger partial charge in [0.05, 0.1) is 5.69 Å². The summed E-state index contributed by atoms with van der Waals surface area (Å²) in [5, 5.41) is 12.7. The van der Waals surface area contributed by atoms with Crippen LogP contribution in [-0.4, -0.2) is 22.7 Å². The second-order valence-corrected chi connectivity index (χ2v) is 4.63. The second-order valence-electron chi connectivity index (χ2n) is 4.63. The van der Waals surface area contributed by atoms with Crippen molar-refractivity contribution in [3.8, 4) is 0 Å². The predicted molar refractivity (Wildman–Crippen MR) is 64.0 cm³/mol. The Hall–Kier alpha value is -0.930. The quantitative estimate of drug-likeness (QED) is 0.811. The normalized spacial score (nSPS) is 24.9. The van der Waals surface area contributed by atoms with Gasteiger partial charge >= 0.3 is 0 Å². The predicted octanol–water partition coefficient (Wildman–Crippen LogP) is 1.64. The number of nitrogens with one attached hydrogen (secondary N) is 1. The monoisotopic (exact) mass is 220 g/mol. The molecule has 2 atom stereocenters. The Bertz CT molecular complexity index is 340. The Morgan fingerprint density at radius 1 is 1.50 bits per heavy atom. The van der Waals surface area contributed by atoms with Crippen LogP contribution in [-0.2, 0) is 6.54 Å². The fourth-order valence-corrected chi connectivity index (χ4v) is 2.46. The lowest BCUT2D eigenvalue weighted by Crippen LogP contribution is -2.33. The zero-order valence-corrected chi connectivity index (χ0v) is 9.82. The molecule has 1 aliphatic rings. The number of aromatic nitrogens is 1. The van der Waals surface area contributed by atoms with Crippen molar-refractivity contribution in [2.24, 2.45) is 5.92 Å². The average Bonchev–Trinajstić information content (AvgIpc) is 2.75. The smallest absolute Gasteiger partial charge is 0.0570 e. The molecule has 0 saturated heterocycles. The number of aliphatic hydroxyl groups excluding tert-OH is 1. The van der Waals surface area contributed by atoms with Crippen LogP contribution in [0.5, 0.6) is 0 Å². The van der Waals surface area contributed by atoms with Crippen LogP contribution < -0.4 is 5.32 Å². The third kappa shape index (κ3) is 2.60. The lowest BCUT2D eigenvalue weighted by atomic mass is 10.0. The standard InChI is InChI=1S/C13H20N2O/c1-10-4-3-7-14-13(10)8-15-12-6-2-5-11(12)9-16/h3-4,7,11-12,15-16H,2,5-6,8-9H2,1H3. The number of aliphatic hydroxyl groups is 1. The van der Waals surface area contributed by atoms with E-state index in [0.29, 0.717) is 18.6 Å². The molecule has 2 rings (SSSR count). The molecule has 1 aromatic rings. The summed E-state index contributed by atoms with van der Waals surface area (Å²) in [7, 11) is 0. The van der Waals surface area contributed by atoms with E-state index in [1.807, 2.05) is 12.3 Å². The van der Waals surface area contributed by atoms with Crippen LogP contribution in [0.1, 0.15) is 30.5 Å². The molecule has 0 radical (unpaired) electrons. The third-order valence-corrected chi connectivity index (χ3v) is 3.54. The molecule has 1 fully saturated rings. The van der Waals surface area contributed by atoms with Crippen LogP contribution >= 0.6 is 0 Å². The summed E-state index contributed by atoms with van der Waals surface area (Å²) in [6.07, 6.45) is 5.39. The van der Waals surface area contributed by atoms with Crippen molar-refractivity contribution in [2.75, 3.05) is 6.61 Å². The van der Waals surface area contributed by atoms with Crippen molar-refractivity contribution in [1.82, 2.24) is 10.3 Å².